The van der Waals surface area contributed by atoms with E-state index in [1.807, 2.05) is 0 Å². The van der Waals surface area contributed by atoms with E-state index in [4.69, 9.17) is 0 Å². The van der Waals surface area contributed by atoms with Crippen molar-refractivity contribution in [3.63, 3.8) is 0 Å². The fraction of sp³-hybridized carbons (Fsp3) is 0. The molecule has 0 unspecified atom stereocenters. The topological polar surface area (TPSA) is 313 Å². The van der Waals surface area contributed by atoms with E-state index in [2.05, 4.69) is 20.5 Å². The summed E-state index contributed by atoms with van der Waals surface area (Å²) in [6, 6.07) is 16.3. The Hall–Kier alpha value is -3.20. The van der Waals surface area contributed by atoms with Crippen molar-refractivity contribution in [1.82, 2.24) is 0 Å². The van der Waals surface area contributed by atoms with Crippen molar-refractivity contribution in [2.75, 3.05) is 0 Å². The first-order chi connectivity index (χ1) is 24.3. The Morgan fingerprint density at radius 1 is 0.421 bits per heavy atom. The molecule has 0 aliphatic heterocycles. The molecule has 0 saturated carbocycles. The Morgan fingerprint density at radius 2 is 0.860 bits per heavy atom. The van der Waals surface area contributed by atoms with Gasteiger partial charge in [-0.2, -0.15) is 20.5 Å². The molecule has 0 saturated heterocycles. The third kappa shape index (κ3) is 11.3. The number of nitrogens with zero attached hydrogens (tertiary/aromatic N) is 4. The van der Waals surface area contributed by atoms with Gasteiger partial charge in [0.05, 0.1) is 32.5 Å². The standard InChI is InChI=1S/C32H22N4O13S3.2Cu.3Li/c37-26-10-3-18-11-20(50(41,42)43)4-6-22(18)30(26)35-33-24-8-1-16(13-27(24)38)17-2-9-25(28(39)14-17)34-36-31-23-7-5-21(51(44,45)46)12-19(23)15-29(32(31)40)52(47,48)49;;;;;/h1-15,37-40H,(H,41,42,43)(H,44,45,46)(H,47,48,49);;;;;/q;2*+2;3*+1/p-7. The minimum atomic E-state index is -5.40. The van der Waals surface area contributed by atoms with Gasteiger partial charge in [-0.1, -0.05) is 71.5 Å². The van der Waals surface area contributed by atoms with Crippen LogP contribution in [0.15, 0.2) is 126 Å². The molecule has 6 aromatic rings. The quantitative estimate of drug-likeness (QED) is 0.0783. The molecule has 0 spiro atoms. The Kier molecular flexibility index (Phi) is 17.9. The molecule has 17 nitrogen and oxygen atoms in total. The molecule has 0 atom stereocenters. The SMILES string of the molecule is O=S(=O)([O-])c1ccc2c(N=Nc3ccc(-c4ccc(N=Nc5c([O-])c(S(=O)(=O)[O-])cc6cc(S(=O)(=O)[O-])ccc56)c([O-])c4)cc3[O-])c([O-])ccc2c1.[Cu+2].[Cu+2].[Li+].[Li+].[Li+]. The maximum atomic E-state index is 12.9. The molecule has 0 aliphatic carbocycles. The minimum absolute atomic E-state index is 0. The van der Waals surface area contributed by atoms with E-state index in [-0.39, 0.29) is 140 Å². The van der Waals surface area contributed by atoms with Crippen LogP contribution in [0.2, 0.25) is 0 Å². The first kappa shape index (κ1) is 51.8. The summed E-state index contributed by atoms with van der Waals surface area (Å²) in [6.07, 6.45) is 0. The van der Waals surface area contributed by atoms with E-state index in [0.717, 1.165) is 48.5 Å². The molecule has 0 aromatic heterocycles. The number of rotatable bonds is 8. The van der Waals surface area contributed by atoms with Crippen LogP contribution in [0.3, 0.4) is 0 Å². The first-order valence-electron chi connectivity index (χ1n) is 14.2. The summed E-state index contributed by atoms with van der Waals surface area (Å²) in [5, 5.41) is 66.2. The van der Waals surface area contributed by atoms with Crippen LogP contribution in [0.5, 0.6) is 23.0 Å². The Labute approximate surface area is 381 Å². The molecule has 0 fully saturated rings. The van der Waals surface area contributed by atoms with Crippen molar-refractivity contribution in [2.24, 2.45) is 20.5 Å². The van der Waals surface area contributed by atoms with Gasteiger partial charge >= 0.3 is 90.7 Å². The summed E-state index contributed by atoms with van der Waals surface area (Å²) in [5.74, 6) is -3.41. The average Bonchev–Trinajstić information content (AvgIpc) is 3.06. The maximum absolute atomic E-state index is 12.9. The van der Waals surface area contributed by atoms with Gasteiger partial charge in [-0.3, -0.25) is 0 Å². The third-order valence-electron chi connectivity index (χ3n) is 7.54. The predicted molar refractivity (Wildman–Crippen MR) is 170 cm³/mol. The molecular formula is C32H15Cu2Li3N4O13S3. The third-order valence-corrected chi connectivity index (χ3v) is 10.0. The van der Waals surface area contributed by atoms with Gasteiger partial charge < -0.3 is 34.1 Å². The van der Waals surface area contributed by atoms with Crippen LogP contribution in [-0.2, 0) is 64.5 Å². The fourth-order valence-corrected chi connectivity index (χ4v) is 6.66. The van der Waals surface area contributed by atoms with Crippen molar-refractivity contribution in [3.05, 3.63) is 91.0 Å². The van der Waals surface area contributed by atoms with Gasteiger partial charge in [0.2, 0.25) is 0 Å². The number of benzene rings is 6. The summed E-state index contributed by atoms with van der Waals surface area (Å²) < 4.78 is 104. The number of azo groups is 2. The van der Waals surface area contributed by atoms with Crippen molar-refractivity contribution < 1.29 is 150 Å². The van der Waals surface area contributed by atoms with Crippen LogP contribution in [-0.4, -0.2) is 38.9 Å². The molecule has 6 aromatic carbocycles. The average molecular weight is 908 g/mol. The molecule has 0 bridgehead atoms. The second-order valence-corrected chi connectivity index (χ2v) is 15.0. The molecule has 0 aliphatic rings. The first-order valence-corrected chi connectivity index (χ1v) is 18.4. The van der Waals surface area contributed by atoms with Gasteiger partial charge in [0.25, 0.3) is 0 Å². The molecule has 2 radical (unpaired) electrons. The van der Waals surface area contributed by atoms with E-state index >= 15 is 0 Å². The summed E-state index contributed by atoms with van der Waals surface area (Å²) in [7, 11) is -15.2. The summed E-state index contributed by atoms with van der Waals surface area (Å²) in [5.41, 5.74) is -1.02. The molecule has 25 heteroatoms. The molecule has 0 amide bonds. The van der Waals surface area contributed by atoms with Crippen LogP contribution in [0.4, 0.5) is 22.7 Å². The zero-order valence-corrected chi connectivity index (χ0v) is 33.4. The molecule has 0 N–H and O–H groups in total. The van der Waals surface area contributed by atoms with Crippen LogP contribution in [0.25, 0.3) is 32.7 Å². The zero-order chi connectivity index (χ0) is 37.7. The number of hydrogen-bond acceptors (Lipinski definition) is 17. The van der Waals surface area contributed by atoms with Gasteiger partial charge in [-0.05, 0) is 64.4 Å². The van der Waals surface area contributed by atoms with Crippen molar-refractivity contribution in [2.45, 2.75) is 14.7 Å². The fourth-order valence-electron chi connectivity index (χ4n) is 5.05. The second-order valence-electron chi connectivity index (χ2n) is 10.9. The molecular weight excluding hydrogens is 892 g/mol. The number of fused-ring (bicyclic) bond motifs is 2. The van der Waals surface area contributed by atoms with E-state index in [0.29, 0.717) is 6.07 Å². The van der Waals surface area contributed by atoms with Gasteiger partial charge in [0.1, 0.15) is 30.4 Å². The van der Waals surface area contributed by atoms with E-state index < -0.39 is 73.7 Å². The van der Waals surface area contributed by atoms with Gasteiger partial charge in [-0.25, -0.2) is 25.3 Å². The monoisotopic (exact) mass is 906 g/mol. The van der Waals surface area contributed by atoms with Crippen LogP contribution in [0.1, 0.15) is 0 Å². The van der Waals surface area contributed by atoms with Gasteiger partial charge in [0, 0.05) is 15.7 Å². The molecule has 284 valence electrons. The van der Waals surface area contributed by atoms with Crippen molar-refractivity contribution in [3.8, 4) is 34.1 Å². The van der Waals surface area contributed by atoms with Crippen molar-refractivity contribution in [1.29, 1.82) is 0 Å². The molecule has 57 heavy (non-hydrogen) atoms. The predicted octanol–water partition coefficient (Wildman–Crippen LogP) is -5.50. The Bertz CT molecular complexity index is 2910. The van der Waals surface area contributed by atoms with Crippen LogP contribution >= 0.6 is 0 Å². The van der Waals surface area contributed by atoms with E-state index in [1.165, 1.54) is 36.4 Å². The normalized spacial score (nSPS) is 11.6. The zero-order valence-electron chi connectivity index (χ0n) is 29.1. The van der Waals surface area contributed by atoms with E-state index in [1.54, 1.807) is 0 Å². The Morgan fingerprint density at radius 3 is 1.30 bits per heavy atom. The smallest absolute Gasteiger partial charge is 0.871 e. The maximum Gasteiger partial charge on any atom is 2.00 e. The summed E-state index contributed by atoms with van der Waals surface area (Å²) in [6.45, 7) is 0. The van der Waals surface area contributed by atoms with Crippen LogP contribution < -0.4 is 77.0 Å². The largest absolute Gasteiger partial charge is 2.00 e. The Balaban J connectivity index is 0.00000325. The summed E-state index contributed by atoms with van der Waals surface area (Å²) >= 11 is 0. The molecule has 6 rings (SSSR count). The van der Waals surface area contributed by atoms with Gasteiger partial charge in [-0.15, -0.1) is 0 Å². The second kappa shape index (κ2) is 19.7. The summed E-state index contributed by atoms with van der Waals surface area (Å²) in [4.78, 5) is -2.58. The van der Waals surface area contributed by atoms with Crippen LogP contribution in [0, 0.1) is 0 Å². The minimum Gasteiger partial charge on any atom is -0.871 e. The van der Waals surface area contributed by atoms with E-state index in [9.17, 15) is 59.3 Å². The molecule has 0 heterocycles. The van der Waals surface area contributed by atoms with Gasteiger partial charge in [0.15, 0.2) is 0 Å². The van der Waals surface area contributed by atoms with Crippen molar-refractivity contribution >= 4 is 74.6 Å². The number of hydrogen-bond donors (Lipinski definition) is 0.